The number of halogens is 2. The molecule has 0 aromatic rings. The first-order valence-corrected chi connectivity index (χ1v) is 7.43. The largest absolute Gasteiger partial charge is 1.00 e. The van der Waals surface area contributed by atoms with Gasteiger partial charge in [0.1, 0.15) is 11.5 Å². The van der Waals surface area contributed by atoms with Crippen LogP contribution < -0.4 is 53.7 Å². The molecule has 0 saturated heterocycles. The molecular formula is C12H29I2NS. The van der Waals surface area contributed by atoms with Crippen LogP contribution in [-0.4, -0.2) is 17.0 Å². The highest BCUT2D eigenvalue weighted by Gasteiger charge is 2.23. The normalized spacial score (nSPS) is 10.5. The monoisotopic (exact) mass is 473 g/mol. The van der Waals surface area contributed by atoms with Crippen LogP contribution >= 0.6 is 0 Å². The van der Waals surface area contributed by atoms with Crippen LogP contribution in [0.5, 0.6) is 0 Å². The number of hydrogen-bond acceptors (Lipinski definition) is 0. The first-order chi connectivity index (χ1) is 6.68. The number of rotatable bonds is 9. The number of quaternary nitrogens is 1. The van der Waals surface area contributed by atoms with E-state index in [9.17, 15) is 0 Å². The van der Waals surface area contributed by atoms with Gasteiger partial charge in [-0.05, 0) is 43.9 Å². The molecule has 0 rings (SSSR count). The average molecular weight is 473 g/mol. The van der Waals surface area contributed by atoms with Crippen molar-refractivity contribution in [2.45, 2.75) is 64.8 Å². The Labute approximate surface area is 141 Å². The van der Waals surface area contributed by atoms with E-state index in [1.54, 1.807) is 11.8 Å². The van der Waals surface area contributed by atoms with Crippen LogP contribution in [0.4, 0.5) is 0 Å². The van der Waals surface area contributed by atoms with Crippen molar-refractivity contribution in [1.29, 1.82) is 0 Å². The van der Waals surface area contributed by atoms with Crippen LogP contribution in [0.1, 0.15) is 59.3 Å². The minimum absolute atomic E-state index is 0. The first-order valence-electron chi connectivity index (χ1n) is 6.17. The highest BCUT2D eigenvalue weighted by atomic mass is 127. The molecule has 0 heterocycles. The van der Waals surface area contributed by atoms with Crippen molar-refractivity contribution in [3.8, 4) is 0 Å². The maximum atomic E-state index is 4.34. The van der Waals surface area contributed by atoms with Crippen molar-refractivity contribution in [2.24, 2.45) is 0 Å². The third kappa shape index (κ3) is 12.2. The lowest BCUT2D eigenvalue weighted by atomic mass is 9.88. The third-order valence-electron chi connectivity index (χ3n) is 3.16. The Balaban J connectivity index is -0.000000845. The number of thiol groups is 1. The van der Waals surface area contributed by atoms with Gasteiger partial charge in [0.2, 0.25) is 0 Å². The van der Waals surface area contributed by atoms with E-state index >= 15 is 0 Å². The molecule has 0 bridgehead atoms. The Kier molecular flexibility index (Phi) is 21.2. The van der Waals surface area contributed by atoms with Crippen LogP contribution in [0.2, 0.25) is 0 Å². The van der Waals surface area contributed by atoms with Gasteiger partial charge >= 0.3 is 0 Å². The summed E-state index contributed by atoms with van der Waals surface area (Å²) in [6, 6.07) is 0. The summed E-state index contributed by atoms with van der Waals surface area (Å²) in [5.74, 6) is 2.79. The molecule has 0 atom stereocenters. The first kappa shape index (κ1) is 22.9. The Hall–Kier alpha value is 1.77. The van der Waals surface area contributed by atoms with Gasteiger partial charge in [-0.3, -0.25) is 0 Å². The predicted octanol–water partition coefficient (Wildman–Crippen LogP) is -3.81. The SMILES string of the molecule is CCC[SH+]CCCCC([NH3+])(CC)CC.[I-].[I-]. The maximum absolute atomic E-state index is 4.34. The Morgan fingerprint density at radius 1 is 0.938 bits per heavy atom. The summed E-state index contributed by atoms with van der Waals surface area (Å²) in [4.78, 5) is 0. The summed E-state index contributed by atoms with van der Waals surface area (Å²) in [5.41, 5.74) is 4.71. The standard InChI is InChI=1S/C12H27NS.2HI/c1-4-10-14-11-8-7-9-12(13,5-2)6-3;;/h4-11,13H2,1-3H3;2*1H. The van der Waals surface area contributed by atoms with Crippen molar-refractivity contribution in [2.75, 3.05) is 11.5 Å². The molecule has 0 saturated carbocycles. The Morgan fingerprint density at radius 3 is 1.94 bits per heavy atom. The molecule has 0 aromatic carbocycles. The summed E-state index contributed by atoms with van der Waals surface area (Å²) >= 11 is 1.65. The lowest BCUT2D eigenvalue weighted by Crippen LogP contribution is -3.00. The summed E-state index contributed by atoms with van der Waals surface area (Å²) in [6.07, 6.45) is 7.90. The van der Waals surface area contributed by atoms with Gasteiger partial charge in [-0.2, -0.15) is 0 Å². The van der Waals surface area contributed by atoms with E-state index < -0.39 is 0 Å². The molecule has 102 valence electrons. The van der Waals surface area contributed by atoms with Crippen LogP contribution in [0.25, 0.3) is 0 Å². The van der Waals surface area contributed by atoms with E-state index in [-0.39, 0.29) is 48.0 Å². The van der Waals surface area contributed by atoms with Crippen LogP contribution in [0, 0.1) is 0 Å². The molecule has 1 nitrogen and oxygen atoms in total. The second kappa shape index (κ2) is 14.8. The van der Waals surface area contributed by atoms with Gasteiger partial charge in [0.15, 0.2) is 0 Å². The zero-order chi connectivity index (χ0) is 10.9. The van der Waals surface area contributed by atoms with Gasteiger partial charge in [0.05, 0.1) is 5.54 Å². The minimum Gasteiger partial charge on any atom is -1.00 e. The molecule has 0 unspecified atom stereocenters. The van der Waals surface area contributed by atoms with Crippen LogP contribution in [-0.2, 0) is 11.8 Å². The summed E-state index contributed by atoms with van der Waals surface area (Å²) < 4.78 is 0. The molecule has 0 aliphatic rings. The summed E-state index contributed by atoms with van der Waals surface area (Å²) in [7, 11) is 0. The average Bonchev–Trinajstić information content (AvgIpc) is 2.23. The zero-order valence-corrected chi connectivity index (χ0v) is 16.3. The van der Waals surface area contributed by atoms with Gasteiger partial charge < -0.3 is 53.7 Å². The fourth-order valence-corrected chi connectivity index (χ4v) is 2.58. The highest BCUT2D eigenvalue weighted by Crippen LogP contribution is 2.16. The Morgan fingerprint density at radius 2 is 1.50 bits per heavy atom. The van der Waals surface area contributed by atoms with Crippen molar-refractivity contribution in [3.05, 3.63) is 0 Å². The molecule has 0 fully saturated rings. The maximum Gasteiger partial charge on any atom is 0.105 e. The van der Waals surface area contributed by atoms with E-state index in [0.29, 0.717) is 5.54 Å². The topological polar surface area (TPSA) is 27.6 Å². The van der Waals surface area contributed by atoms with E-state index in [2.05, 4.69) is 26.5 Å². The summed E-state index contributed by atoms with van der Waals surface area (Å²) in [6.45, 7) is 6.81. The molecule has 0 spiro atoms. The van der Waals surface area contributed by atoms with E-state index in [1.807, 2.05) is 0 Å². The molecule has 4 heteroatoms. The molecule has 0 radical (unpaired) electrons. The molecule has 0 aliphatic carbocycles. The molecular weight excluding hydrogens is 444 g/mol. The van der Waals surface area contributed by atoms with Gasteiger partial charge in [-0.15, -0.1) is 0 Å². The van der Waals surface area contributed by atoms with E-state index in [1.165, 1.54) is 50.0 Å². The van der Waals surface area contributed by atoms with Crippen molar-refractivity contribution < 1.29 is 53.7 Å². The molecule has 0 amide bonds. The smallest absolute Gasteiger partial charge is 0.105 e. The second-order valence-corrected chi connectivity index (χ2v) is 5.68. The predicted molar refractivity (Wildman–Crippen MR) is 68.8 cm³/mol. The van der Waals surface area contributed by atoms with Gasteiger partial charge in [0.25, 0.3) is 0 Å². The highest BCUT2D eigenvalue weighted by molar-refractivity contribution is 7.78. The van der Waals surface area contributed by atoms with Crippen molar-refractivity contribution in [3.63, 3.8) is 0 Å². The van der Waals surface area contributed by atoms with E-state index in [0.717, 1.165) is 0 Å². The molecule has 0 aromatic heterocycles. The molecule has 16 heavy (non-hydrogen) atoms. The lowest BCUT2D eigenvalue weighted by Gasteiger charge is -2.22. The van der Waals surface area contributed by atoms with Crippen molar-refractivity contribution in [1.82, 2.24) is 0 Å². The number of hydrogen-bond donors (Lipinski definition) is 1. The molecule has 3 N–H and O–H groups in total. The third-order valence-corrected chi connectivity index (χ3v) is 4.55. The lowest BCUT2D eigenvalue weighted by molar-refractivity contribution is -0.481. The molecule has 0 aliphatic heterocycles. The second-order valence-electron chi connectivity index (χ2n) is 4.34. The fraction of sp³-hybridized carbons (Fsp3) is 1.00. The Bertz CT molecular complexity index is 130. The fourth-order valence-electron chi connectivity index (χ4n) is 1.60. The van der Waals surface area contributed by atoms with Gasteiger partial charge in [0, 0.05) is 6.42 Å². The quantitative estimate of drug-likeness (QED) is 0.154. The van der Waals surface area contributed by atoms with E-state index in [4.69, 9.17) is 0 Å². The van der Waals surface area contributed by atoms with Crippen LogP contribution in [0.3, 0.4) is 0 Å². The van der Waals surface area contributed by atoms with Gasteiger partial charge in [-0.1, -0.05) is 20.8 Å². The summed E-state index contributed by atoms with van der Waals surface area (Å²) in [5, 5.41) is 0. The van der Waals surface area contributed by atoms with Crippen molar-refractivity contribution >= 4 is 11.8 Å². The zero-order valence-electron chi connectivity index (χ0n) is 11.1. The van der Waals surface area contributed by atoms with Gasteiger partial charge in [-0.25, -0.2) is 0 Å². The van der Waals surface area contributed by atoms with Crippen LogP contribution in [0.15, 0.2) is 0 Å². The number of unbranched alkanes of at least 4 members (excludes halogenated alkanes) is 1. The minimum atomic E-state index is 0.